The summed E-state index contributed by atoms with van der Waals surface area (Å²) < 4.78 is 5.45. The number of carboxylic acids is 1. The van der Waals surface area contributed by atoms with E-state index in [2.05, 4.69) is 0 Å². The van der Waals surface area contributed by atoms with Gasteiger partial charge < -0.3 is 14.7 Å². The first kappa shape index (κ1) is 20.9. The van der Waals surface area contributed by atoms with E-state index >= 15 is 0 Å². The molecule has 0 spiro atoms. The second-order valence-electron chi connectivity index (χ2n) is 7.57. The van der Waals surface area contributed by atoms with Crippen molar-refractivity contribution in [1.82, 2.24) is 4.90 Å². The molecule has 0 unspecified atom stereocenters. The van der Waals surface area contributed by atoms with Crippen LogP contribution in [0, 0.1) is 5.92 Å². The van der Waals surface area contributed by atoms with Crippen molar-refractivity contribution in [3.05, 3.63) is 65.2 Å². The Kier molecular flexibility index (Phi) is 7.28. The normalized spacial score (nSPS) is 14.6. The third kappa shape index (κ3) is 5.83. The monoisotopic (exact) mass is 395 g/mol. The van der Waals surface area contributed by atoms with Gasteiger partial charge in [-0.3, -0.25) is 4.79 Å². The van der Waals surface area contributed by atoms with Crippen molar-refractivity contribution < 1.29 is 19.4 Å². The molecule has 1 fully saturated rings. The highest BCUT2D eigenvalue weighted by Gasteiger charge is 2.24. The van der Waals surface area contributed by atoms with Crippen LogP contribution >= 0.6 is 0 Å². The van der Waals surface area contributed by atoms with Crippen LogP contribution in [0.5, 0.6) is 5.75 Å². The second-order valence-corrected chi connectivity index (χ2v) is 7.57. The molecule has 29 heavy (non-hydrogen) atoms. The zero-order chi connectivity index (χ0) is 20.6. The van der Waals surface area contributed by atoms with Gasteiger partial charge >= 0.3 is 5.97 Å². The number of hydrogen-bond acceptors (Lipinski definition) is 3. The molecular formula is C24H29NO4. The fraction of sp³-hybridized carbons (Fsp3) is 0.417. The van der Waals surface area contributed by atoms with E-state index in [1.807, 2.05) is 48.2 Å². The summed E-state index contributed by atoms with van der Waals surface area (Å²) in [6.07, 6.45) is 3.85. The Balaban J connectivity index is 1.45. The summed E-state index contributed by atoms with van der Waals surface area (Å²) in [5.74, 6) is 0.602. The lowest BCUT2D eigenvalue weighted by Gasteiger charge is -2.32. The summed E-state index contributed by atoms with van der Waals surface area (Å²) >= 11 is 0. The number of rotatable bonds is 8. The molecule has 1 aliphatic rings. The van der Waals surface area contributed by atoms with E-state index in [-0.39, 0.29) is 5.91 Å². The van der Waals surface area contributed by atoms with Gasteiger partial charge in [-0.2, -0.15) is 0 Å². The average Bonchev–Trinajstić information content (AvgIpc) is 2.74. The van der Waals surface area contributed by atoms with E-state index in [9.17, 15) is 14.7 Å². The predicted octanol–water partition coefficient (Wildman–Crippen LogP) is 4.20. The standard InChI is InChI=1S/C24H29NO4/c1-2-29-21-10-7-18(8-11-21)9-12-23(26)25-15-13-19(14-16-25)17-20-5-3-4-6-22(20)24(27)28/h3-8,10-11,19H,2,9,12-17H2,1H3,(H,27,28). The molecule has 1 heterocycles. The highest BCUT2D eigenvalue weighted by Crippen LogP contribution is 2.24. The maximum Gasteiger partial charge on any atom is 0.335 e. The van der Waals surface area contributed by atoms with E-state index in [0.717, 1.165) is 55.6 Å². The van der Waals surface area contributed by atoms with E-state index in [1.54, 1.807) is 12.1 Å². The number of carbonyl (C=O) groups is 2. The number of ether oxygens (including phenoxy) is 1. The topological polar surface area (TPSA) is 66.8 Å². The molecule has 0 bridgehead atoms. The molecule has 5 nitrogen and oxygen atoms in total. The Morgan fingerprint density at radius 2 is 1.76 bits per heavy atom. The maximum absolute atomic E-state index is 12.6. The molecule has 0 aromatic heterocycles. The van der Waals surface area contributed by atoms with Gasteiger partial charge in [0.05, 0.1) is 12.2 Å². The number of amides is 1. The van der Waals surface area contributed by atoms with Crippen LogP contribution in [0.15, 0.2) is 48.5 Å². The van der Waals surface area contributed by atoms with E-state index in [4.69, 9.17) is 4.74 Å². The largest absolute Gasteiger partial charge is 0.494 e. The number of likely N-dealkylation sites (tertiary alicyclic amines) is 1. The molecule has 5 heteroatoms. The third-order valence-electron chi connectivity index (χ3n) is 5.59. The Bertz CT molecular complexity index is 823. The number of nitrogens with zero attached hydrogens (tertiary/aromatic N) is 1. The van der Waals surface area contributed by atoms with Gasteiger partial charge in [0.1, 0.15) is 5.75 Å². The van der Waals surface area contributed by atoms with Crippen LogP contribution in [0.3, 0.4) is 0 Å². The molecule has 0 radical (unpaired) electrons. The van der Waals surface area contributed by atoms with Crippen molar-refractivity contribution in [3.63, 3.8) is 0 Å². The molecule has 0 aliphatic carbocycles. The van der Waals surface area contributed by atoms with Crippen LogP contribution in [0.4, 0.5) is 0 Å². The molecule has 1 N–H and O–H groups in total. The Hall–Kier alpha value is -2.82. The first-order valence-corrected chi connectivity index (χ1v) is 10.4. The van der Waals surface area contributed by atoms with Gasteiger partial charge in [0, 0.05) is 19.5 Å². The lowest BCUT2D eigenvalue weighted by molar-refractivity contribution is -0.132. The number of hydrogen-bond donors (Lipinski definition) is 1. The van der Waals surface area contributed by atoms with E-state index < -0.39 is 5.97 Å². The number of aryl methyl sites for hydroxylation is 1. The minimum atomic E-state index is -0.873. The summed E-state index contributed by atoms with van der Waals surface area (Å²) in [7, 11) is 0. The number of aromatic carboxylic acids is 1. The van der Waals surface area contributed by atoms with E-state index in [1.165, 1.54) is 0 Å². The number of carboxylic acid groups (broad SMARTS) is 1. The fourth-order valence-electron chi connectivity index (χ4n) is 3.93. The first-order valence-electron chi connectivity index (χ1n) is 10.4. The smallest absolute Gasteiger partial charge is 0.335 e. The zero-order valence-corrected chi connectivity index (χ0v) is 17.0. The van der Waals surface area contributed by atoms with Crippen molar-refractivity contribution in [2.75, 3.05) is 19.7 Å². The molecule has 1 amide bonds. The predicted molar refractivity (Wildman–Crippen MR) is 112 cm³/mol. The van der Waals surface area contributed by atoms with Gasteiger partial charge in [0.25, 0.3) is 0 Å². The van der Waals surface area contributed by atoms with Crippen LogP contribution in [0.2, 0.25) is 0 Å². The van der Waals surface area contributed by atoms with Crippen LogP contribution < -0.4 is 4.74 Å². The number of piperidine rings is 1. The molecule has 3 rings (SSSR count). The van der Waals surface area contributed by atoms with Gasteiger partial charge in [-0.1, -0.05) is 30.3 Å². The SMILES string of the molecule is CCOc1ccc(CCC(=O)N2CCC(Cc3ccccc3C(=O)O)CC2)cc1. The summed E-state index contributed by atoms with van der Waals surface area (Å²) in [4.78, 5) is 25.9. The summed E-state index contributed by atoms with van der Waals surface area (Å²) in [5, 5.41) is 9.35. The molecule has 154 valence electrons. The molecule has 0 saturated carbocycles. The first-order chi connectivity index (χ1) is 14.1. The summed E-state index contributed by atoms with van der Waals surface area (Å²) in [6.45, 7) is 4.11. The number of benzene rings is 2. The molecule has 1 saturated heterocycles. The van der Waals surface area contributed by atoms with Crippen molar-refractivity contribution in [2.24, 2.45) is 5.92 Å². The fourth-order valence-corrected chi connectivity index (χ4v) is 3.93. The van der Waals surface area contributed by atoms with Gasteiger partial charge in [-0.15, -0.1) is 0 Å². The van der Waals surface area contributed by atoms with Crippen molar-refractivity contribution in [1.29, 1.82) is 0 Å². The maximum atomic E-state index is 12.6. The van der Waals surface area contributed by atoms with Gasteiger partial charge in [-0.25, -0.2) is 4.79 Å². The highest BCUT2D eigenvalue weighted by atomic mass is 16.5. The van der Waals surface area contributed by atoms with Crippen LogP contribution in [0.25, 0.3) is 0 Å². The molecule has 2 aromatic rings. The van der Waals surface area contributed by atoms with Crippen LogP contribution in [-0.2, 0) is 17.6 Å². The highest BCUT2D eigenvalue weighted by molar-refractivity contribution is 5.89. The molecule has 1 aliphatic heterocycles. The quantitative estimate of drug-likeness (QED) is 0.728. The third-order valence-corrected chi connectivity index (χ3v) is 5.59. The Morgan fingerprint density at radius 1 is 1.07 bits per heavy atom. The summed E-state index contributed by atoms with van der Waals surface area (Å²) in [6, 6.07) is 15.2. The van der Waals surface area contributed by atoms with Gasteiger partial charge in [0.15, 0.2) is 0 Å². The minimum absolute atomic E-state index is 0.197. The van der Waals surface area contributed by atoms with Crippen molar-refractivity contribution >= 4 is 11.9 Å². The molecule has 2 aromatic carbocycles. The van der Waals surface area contributed by atoms with Crippen LogP contribution in [0.1, 0.15) is 47.7 Å². The van der Waals surface area contributed by atoms with E-state index in [0.29, 0.717) is 24.5 Å². The number of carbonyl (C=O) groups excluding carboxylic acids is 1. The zero-order valence-electron chi connectivity index (χ0n) is 17.0. The van der Waals surface area contributed by atoms with Crippen molar-refractivity contribution in [2.45, 2.75) is 39.0 Å². The van der Waals surface area contributed by atoms with Gasteiger partial charge in [-0.05, 0) is 67.9 Å². The molecular weight excluding hydrogens is 366 g/mol. The lowest BCUT2D eigenvalue weighted by atomic mass is 9.88. The van der Waals surface area contributed by atoms with Crippen molar-refractivity contribution in [3.8, 4) is 5.75 Å². The van der Waals surface area contributed by atoms with Gasteiger partial charge in [0.2, 0.25) is 5.91 Å². The summed E-state index contributed by atoms with van der Waals surface area (Å²) in [5.41, 5.74) is 2.42. The Labute approximate surface area is 172 Å². The lowest BCUT2D eigenvalue weighted by Crippen LogP contribution is -2.39. The van der Waals surface area contributed by atoms with Crippen LogP contribution in [-0.4, -0.2) is 41.6 Å². The molecule has 0 atom stereocenters. The minimum Gasteiger partial charge on any atom is -0.494 e. The second kappa shape index (κ2) is 10.1. The Morgan fingerprint density at radius 3 is 2.41 bits per heavy atom. The average molecular weight is 395 g/mol.